The summed E-state index contributed by atoms with van der Waals surface area (Å²) in [6.07, 6.45) is 9.88. The lowest BCUT2D eigenvalue weighted by molar-refractivity contribution is -0.119. The van der Waals surface area contributed by atoms with Gasteiger partial charge in [0.05, 0.1) is 11.3 Å². The van der Waals surface area contributed by atoms with E-state index < -0.39 is 0 Å². The lowest BCUT2D eigenvalue weighted by Gasteiger charge is -2.23. The van der Waals surface area contributed by atoms with Crippen molar-refractivity contribution in [2.24, 2.45) is 5.92 Å². The number of aryl methyl sites for hydroxylation is 1. The molecule has 0 radical (unpaired) electrons. The van der Waals surface area contributed by atoms with E-state index in [4.69, 9.17) is 9.72 Å². The van der Waals surface area contributed by atoms with Crippen LogP contribution < -0.4 is 20.7 Å². The number of aromatic nitrogens is 3. The molecule has 1 saturated heterocycles. The second kappa shape index (κ2) is 11.4. The summed E-state index contributed by atoms with van der Waals surface area (Å²) in [5.41, 5.74) is 3.31. The maximum atomic E-state index is 12.9. The molecule has 1 saturated carbocycles. The molecule has 3 heterocycles. The van der Waals surface area contributed by atoms with E-state index in [1.54, 1.807) is 12.4 Å². The van der Waals surface area contributed by atoms with Crippen molar-refractivity contribution < 1.29 is 9.53 Å². The van der Waals surface area contributed by atoms with Crippen molar-refractivity contribution >= 4 is 28.3 Å². The molecule has 200 valence electrons. The summed E-state index contributed by atoms with van der Waals surface area (Å²) < 4.78 is 6.54. The highest BCUT2D eigenvalue weighted by Gasteiger charge is 2.23. The first-order valence-electron chi connectivity index (χ1n) is 13.9. The van der Waals surface area contributed by atoms with E-state index in [2.05, 4.69) is 25.9 Å². The smallest absolute Gasteiger partial charge is 0.228 e. The number of hydrogen-bond acceptors (Lipinski definition) is 7. The van der Waals surface area contributed by atoms with E-state index in [0.29, 0.717) is 23.6 Å². The molecule has 2 fully saturated rings. The van der Waals surface area contributed by atoms with E-state index in [1.165, 1.54) is 0 Å². The largest absolute Gasteiger partial charge is 0.437 e. The summed E-state index contributed by atoms with van der Waals surface area (Å²) >= 11 is 0. The number of fused-ring (bicyclic) bond motifs is 1. The molecule has 8 heteroatoms. The number of nitrogens with one attached hydrogen (secondary N) is 3. The third kappa shape index (κ3) is 5.56. The van der Waals surface area contributed by atoms with Crippen LogP contribution in [0.1, 0.15) is 44.1 Å². The SMILES string of the molecule is Cc1ccc2c(NC(=O)C3CCCC3)cccc2c1Oc1ncccc1-c1ccnc(N[C@H]2CCCNC2)n1. The van der Waals surface area contributed by atoms with Crippen molar-refractivity contribution in [1.82, 2.24) is 20.3 Å². The highest BCUT2D eigenvalue weighted by molar-refractivity contribution is 6.05. The third-order valence-electron chi connectivity index (χ3n) is 7.72. The Labute approximate surface area is 228 Å². The van der Waals surface area contributed by atoms with Crippen molar-refractivity contribution in [3.05, 3.63) is 66.5 Å². The van der Waals surface area contributed by atoms with Gasteiger partial charge in [-0.25, -0.2) is 15.0 Å². The van der Waals surface area contributed by atoms with E-state index >= 15 is 0 Å². The van der Waals surface area contributed by atoms with E-state index in [1.807, 2.05) is 55.5 Å². The fourth-order valence-electron chi connectivity index (χ4n) is 5.61. The molecular weight excluding hydrogens is 488 g/mol. The van der Waals surface area contributed by atoms with Crippen molar-refractivity contribution in [2.75, 3.05) is 23.7 Å². The number of benzene rings is 2. The first kappa shape index (κ1) is 25.2. The van der Waals surface area contributed by atoms with Gasteiger partial charge in [-0.3, -0.25) is 4.79 Å². The molecule has 3 N–H and O–H groups in total. The van der Waals surface area contributed by atoms with Crippen LogP contribution in [0, 0.1) is 12.8 Å². The zero-order valence-electron chi connectivity index (χ0n) is 22.2. The van der Waals surface area contributed by atoms with Crippen molar-refractivity contribution in [1.29, 1.82) is 0 Å². The van der Waals surface area contributed by atoms with Crippen LogP contribution in [0.25, 0.3) is 22.0 Å². The van der Waals surface area contributed by atoms with Gasteiger partial charge in [0.15, 0.2) is 0 Å². The normalized spacial score (nSPS) is 17.7. The van der Waals surface area contributed by atoms with Crippen LogP contribution in [0.3, 0.4) is 0 Å². The van der Waals surface area contributed by atoms with Gasteiger partial charge in [0.1, 0.15) is 5.75 Å². The van der Waals surface area contributed by atoms with Crippen LogP contribution in [0.4, 0.5) is 11.6 Å². The summed E-state index contributed by atoms with van der Waals surface area (Å²) in [6, 6.07) is 16.0. The highest BCUT2D eigenvalue weighted by atomic mass is 16.5. The topological polar surface area (TPSA) is 101 Å². The Morgan fingerprint density at radius 2 is 1.85 bits per heavy atom. The summed E-state index contributed by atoms with van der Waals surface area (Å²) in [7, 11) is 0. The molecule has 1 atom stereocenters. The monoisotopic (exact) mass is 522 g/mol. The van der Waals surface area contributed by atoms with Crippen LogP contribution in [-0.4, -0.2) is 40.0 Å². The van der Waals surface area contributed by atoms with Gasteiger partial charge in [0.2, 0.25) is 17.7 Å². The highest BCUT2D eigenvalue weighted by Crippen LogP contribution is 2.39. The minimum absolute atomic E-state index is 0.0964. The Hall–Kier alpha value is -4.04. The van der Waals surface area contributed by atoms with E-state index in [0.717, 1.165) is 84.9 Å². The number of carbonyl (C=O) groups excluding carboxylic acids is 1. The van der Waals surface area contributed by atoms with Crippen molar-refractivity contribution in [3.8, 4) is 22.9 Å². The Bertz CT molecular complexity index is 1480. The molecule has 8 nitrogen and oxygen atoms in total. The van der Waals surface area contributed by atoms with Gasteiger partial charge in [-0.05, 0) is 69.0 Å². The minimum Gasteiger partial charge on any atom is -0.437 e. The lowest BCUT2D eigenvalue weighted by Crippen LogP contribution is -2.38. The number of amides is 1. The molecule has 1 amide bonds. The molecule has 2 aromatic heterocycles. The molecule has 1 aliphatic heterocycles. The number of pyridine rings is 1. The second-order valence-corrected chi connectivity index (χ2v) is 10.5. The van der Waals surface area contributed by atoms with Gasteiger partial charge in [-0.1, -0.05) is 37.1 Å². The maximum Gasteiger partial charge on any atom is 0.228 e. The van der Waals surface area contributed by atoms with Gasteiger partial charge in [-0.15, -0.1) is 0 Å². The maximum absolute atomic E-state index is 12.9. The predicted molar refractivity (Wildman–Crippen MR) is 154 cm³/mol. The zero-order chi connectivity index (χ0) is 26.6. The van der Waals surface area contributed by atoms with Crippen molar-refractivity contribution in [2.45, 2.75) is 51.5 Å². The van der Waals surface area contributed by atoms with Gasteiger partial charge in [-0.2, -0.15) is 0 Å². The van der Waals surface area contributed by atoms with Gasteiger partial charge >= 0.3 is 0 Å². The van der Waals surface area contributed by atoms with E-state index in [9.17, 15) is 4.79 Å². The van der Waals surface area contributed by atoms with Crippen LogP contribution in [0.5, 0.6) is 11.6 Å². The Balaban J connectivity index is 1.30. The van der Waals surface area contributed by atoms with Gasteiger partial charge in [0, 0.05) is 47.4 Å². The van der Waals surface area contributed by atoms with Crippen LogP contribution in [0.2, 0.25) is 0 Å². The Morgan fingerprint density at radius 1 is 0.949 bits per heavy atom. The third-order valence-corrected chi connectivity index (χ3v) is 7.72. The van der Waals surface area contributed by atoms with Crippen molar-refractivity contribution in [3.63, 3.8) is 0 Å². The van der Waals surface area contributed by atoms with Crippen LogP contribution >= 0.6 is 0 Å². The zero-order valence-corrected chi connectivity index (χ0v) is 22.2. The number of carbonyl (C=O) groups is 1. The van der Waals surface area contributed by atoms with Crippen LogP contribution in [0.15, 0.2) is 60.9 Å². The average molecular weight is 523 g/mol. The Morgan fingerprint density at radius 3 is 2.69 bits per heavy atom. The molecule has 4 aromatic rings. The molecule has 0 unspecified atom stereocenters. The van der Waals surface area contributed by atoms with Gasteiger partial charge < -0.3 is 20.7 Å². The number of rotatable bonds is 7. The average Bonchev–Trinajstić information content (AvgIpc) is 3.51. The fraction of sp³-hybridized carbons (Fsp3) is 0.355. The number of nitrogens with zero attached hydrogens (tertiary/aromatic N) is 3. The first-order chi connectivity index (χ1) is 19.2. The fourth-order valence-corrected chi connectivity index (χ4v) is 5.61. The Kier molecular flexibility index (Phi) is 7.36. The first-order valence-corrected chi connectivity index (χ1v) is 13.9. The number of anilines is 2. The number of ether oxygens (including phenoxy) is 1. The van der Waals surface area contributed by atoms with Crippen LogP contribution in [-0.2, 0) is 4.79 Å². The summed E-state index contributed by atoms with van der Waals surface area (Å²) in [5, 5.41) is 11.9. The molecule has 6 rings (SSSR count). The molecular formula is C31H34N6O2. The molecule has 2 aliphatic rings. The molecule has 1 aliphatic carbocycles. The minimum atomic E-state index is 0.0964. The summed E-state index contributed by atoms with van der Waals surface area (Å²) in [4.78, 5) is 26.7. The second-order valence-electron chi connectivity index (χ2n) is 10.5. The predicted octanol–water partition coefficient (Wildman–Crippen LogP) is 6.09. The summed E-state index contributed by atoms with van der Waals surface area (Å²) in [5.74, 6) is 1.98. The van der Waals surface area contributed by atoms with Gasteiger partial charge in [0.25, 0.3) is 0 Å². The molecule has 0 spiro atoms. The standard InChI is InChI=1S/C31H34N6O2/c1-20-13-14-23-24(10-4-12-26(23)36-29(38)21-7-2-3-8-21)28(20)39-30-25(11-6-17-33-30)27-15-18-34-31(37-27)35-22-9-5-16-32-19-22/h4,6,10-15,17-18,21-22,32H,2-3,5,7-9,16,19H2,1H3,(H,36,38)(H,34,35,37)/t22-/m0/s1. The molecule has 0 bridgehead atoms. The molecule has 39 heavy (non-hydrogen) atoms. The summed E-state index contributed by atoms with van der Waals surface area (Å²) in [6.45, 7) is 3.97. The molecule has 2 aromatic carbocycles. The number of hydrogen-bond donors (Lipinski definition) is 3. The quantitative estimate of drug-likeness (QED) is 0.270. The lowest BCUT2D eigenvalue weighted by atomic mass is 10.0. The number of piperidine rings is 1. The van der Waals surface area contributed by atoms with E-state index in [-0.39, 0.29) is 11.8 Å².